The van der Waals surface area contributed by atoms with Crippen molar-refractivity contribution in [2.45, 2.75) is 64.7 Å². The van der Waals surface area contributed by atoms with E-state index >= 15 is 0 Å². The first-order valence-electron chi connectivity index (χ1n) is 20.0. The molecular weight excluding hydrogens is 913 g/mol. The van der Waals surface area contributed by atoms with Gasteiger partial charge in [0, 0.05) is 0 Å². The normalized spacial score (nSPS) is 12.0. The van der Waals surface area contributed by atoms with Crippen LogP contribution in [0.2, 0.25) is 0 Å². The van der Waals surface area contributed by atoms with Gasteiger partial charge in [-0.1, -0.05) is 114 Å². The number of hydrogen-bond donors (Lipinski definition) is 0. The SMILES string of the molecule is CC(C)(C)c1cc2c(cc1-c1ccccc1)[cH-]c1cc(-c3ccccc3)c(C(C)(C)C)cc12.FC(F)(F)c1ccc([C](c2ccc(C(F)(F)F)cc2)=[Zr]([Cl])[Cl])cc1.c1cc[cH-]c1. The minimum absolute atomic E-state index is 0.0554. The summed E-state index contributed by atoms with van der Waals surface area (Å²) in [6.45, 7) is 13.9. The maximum Gasteiger partial charge on any atom is -0.172 e. The molecule has 8 aromatic carbocycles. The van der Waals surface area contributed by atoms with Gasteiger partial charge < -0.3 is 0 Å². The number of alkyl halides is 6. The Morgan fingerprint density at radius 1 is 0.468 bits per heavy atom. The van der Waals surface area contributed by atoms with Gasteiger partial charge in [-0.05, 0) is 44.2 Å². The van der Waals surface area contributed by atoms with E-state index in [1.165, 1.54) is 79.2 Å². The molecule has 0 nitrogen and oxygen atoms in total. The molecule has 320 valence electrons. The van der Waals surface area contributed by atoms with E-state index in [2.05, 4.69) is 133 Å². The van der Waals surface area contributed by atoms with E-state index in [4.69, 9.17) is 17.0 Å². The molecule has 0 heterocycles. The van der Waals surface area contributed by atoms with Crippen molar-refractivity contribution in [1.29, 1.82) is 0 Å². The largest absolute Gasteiger partial charge is 0.214 e. The Balaban J connectivity index is 0.000000193. The summed E-state index contributed by atoms with van der Waals surface area (Å²) in [5.41, 5.74) is 7.26. The Morgan fingerprint density at radius 3 is 1.10 bits per heavy atom. The Hall–Kier alpha value is -4.55. The summed E-state index contributed by atoms with van der Waals surface area (Å²) >= 11 is -3.15. The number of hydrogen-bond acceptors (Lipinski definition) is 0. The van der Waals surface area contributed by atoms with Crippen molar-refractivity contribution in [3.8, 4) is 22.3 Å². The predicted octanol–water partition coefficient (Wildman–Crippen LogP) is 17.3. The molecule has 9 heteroatoms. The Morgan fingerprint density at radius 2 is 0.823 bits per heavy atom. The molecular formula is C53H46Cl2F6Zr-2. The van der Waals surface area contributed by atoms with E-state index in [0.717, 1.165) is 24.3 Å². The van der Waals surface area contributed by atoms with Crippen molar-refractivity contribution >= 4 is 41.8 Å². The van der Waals surface area contributed by atoms with Crippen molar-refractivity contribution in [3.05, 3.63) is 203 Å². The van der Waals surface area contributed by atoms with Crippen molar-refractivity contribution < 1.29 is 45.2 Å². The van der Waals surface area contributed by atoms with Gasteiger partial charge in [-0.2, -0.15) is 18.2 Å². The van der Waals surface area contributed by atoms with Gasteiger partial charge in [0.15, 0.2) is 0 Å². The molecule has 0 atom stereocenters. The van der Waals surface area contributed by atoms with E-state index < -0.39 is 42.4 Å². The van der Waals surface area contributed by atoms with Crippen LogP contribution in [-0.2, 0) is 42.1 Å². The number of benzene rings is 6. The van der Waals surface area contributed by atoms with Gasteiger partial charge in [0.2, 0.25) is 0 Å². The first-order chi connectivity index (χ1) is 29.1. The summed E-state index contributed by atoms with van der Waals surface area (Å²) < 4.78 is 76.1. The van der Waals surface area contributed by atoms with Crippen LogP contribution in [0.1, 0.15) is 74.9 Å². The second kappa shape index (κ2) is 19.1. The van der Waals surface area contributed by atoms with Crippen molar-refractivity contribution in [2.75, 3.05) is 0 Å². The Bertz CT molecular complexity index is 2560. The van der Waals surface area contributed by atoms with Gasteiger partial charge in [-0.3, -0.25) is 0 Å². The molecule has 0 radical (unpaired) electrons. The summed E-state index contributed by atoms with van der Waals surface area (Å²) in [7, 11) is 12.1. The molecule has 62 heavy (non-hydrogen) atoms. The zero-order valence-electron chi connectivity index (χ0n) is 35.2. The zero-order chi connectivity index (χ0) is 45.0. The fraction of sp³-hybridized carbons (Fsp3) is 0.189. The van der Waals surface area contributed by atoms with Gasteiger partial charge in [-0.25, -0.2) is 12.1 Å². The molecule has 8 aromatic rings. The quantitative estimate of drug-likeness (QED) is 0.122. The standard InChI is InChI=1S/C33H33.C15H8F6.C5H5.2ClH.Zr/c1-32(2,3)30-20-26-24(18-28(30)22-13-9-7-10-14-22)17-25-19-29(23-15-11-8-12-16-23)31(21-27(25)26)33(4,5)6;16-14(17,18)12-5-1-10(2-6-12)9-11-3-7-13(8-4-11)15(19,20)21;1-2-4-5-3-1;;;/h7-21H,1-6H3;1-8H;1-5H;2*1H;/q-1;;-1;;;+2/p-2. The molecule has 0 saturated carbocycles. The van der Waals surface area contributed by atoms with E-state index in [1.54, 1.807) is 0 Å². The van der Waals surface area contributed by atoms with E-state index in [-0.39, 0.29) is 10.8 Å². The summed E-state index contributed by atoms with van der Waals surface area (Å²) in [4.78, 5) is 0. The fourth-order valence-corrected chi connectivity index (χ4v) is 11.9. The van der Waals surface area contributed by atoms with Crippen LogP contribution in [0.4, 0.5) is 26.3 Å². The smallest absolute Gasteiger partial charge is 0.172 e. The van der Waals surface area contributed by atoms with Crippen LogP contribution < -0.4 is 0 Å². The molecule has 0 unspecified atom stereocenters. The van der Waals surface area contributed by atoms with E-state index in [0.29, 0.717) is 14.3 Å². The number of fused-ring (bicyclic) bond motifs is 3. The number of rotatable bonds is 4. The molecule has 0 N–H and O–H groups in total. The molecule has 0 bridgehead atoms. The third kappa shape index (κ3) is 11.3. The first kappa shape index (κ1) is 46.9. The average Bonchev–Trinajstić information content (AvgIpc) is 3.92. The van der Waals surface area contributed by atoms with Crippen molar-refractivity contribution in [1.82, 2.24) is 0 Å². The average molecular weight is 959 g/mol. The van der Waals surface area contributed by atoms with Crippen LogP contribution in [-0.4, -0.2) is 3.21 Å². The molecule has 0 amide bonds. The molecule has 0 aromatic heterocycles. The summed E-state index contributed by atoms with van der Waals surface area (Å²) in [6, 6.07) is 52.2. The Labute approximate surface area is 374 Å². The second-order valence-electron chi connectivity index (χ2n) is 17.1. The van der Waals surface area contributed by atoms with Crippen LogP contribution >= 0.6 is 17.0 Å². The molecule has 0 aliphatic rings. The van der Waals surface area contributed by atoms with Crippen LogP contribution in [0, 0.1) is 0 Å². The fourth-order valence-electron chi connectivity index (χ4n) is 7.42. The van der Waals surface area contributed by atoms with Gasteiger partial charge in [0.25, 0.3) is 0 Å². The monoisotopic (exact) mass is 956 g/mol. The van der Waals surface area contributed by atoms with Crippen LogP contribution in [0.15, 0.2) is 170 Å². The topological polar surface area (TPSA) is 0 Å². The molecule has 0 aliphatic carbocycles. The third-order valence-electron chi connectivity index (χ3n) is 10.5. The molecule has 0 fully saturated rings. The van der Waals surface area contributed by atoms with Crippen LogP contribution in [0.25, 0.3) is 43.8 Å². The van der Waals surface area contributed by atoms with Gasteiger partial charge >= 0.3 is 149 Å². The molecule has 8 rings (SSSR count). The van der Waals surface area contributed by atoms with Crippen LogP contribution in [0.5, 0.6) is 0 Å². The number of halogens is 8. The first-order valence-corrected chi connectivity index (χ1v) is 27.6. The van der Waals surface area contributed by atoms with Gasteiger partial charge in [-0.15, -0.1) is 39.7 Å². The summed E-state index contributed by atoms with van der Waals surface area (Å²) in [5, 5.41) is 5.36. The molecule has 0 saturated heterocycles. The third-order valence-corrected chi connectivity index (χ3v) is 15.1. The minimum Gasteiger partial charge on any atom is -0.214 e. The van der Waals surface area contributed by atoms with Crippen molar-refractivity contribution in [2.24, 2.45) is 0 Å². The van der Waals surface area contributed by atoms with Crippen molar-refractivity contribution in [3.63, 3.8) is 0 Å². The predicted molar refractivity (Wildman–Crippen MR) is 245 cm³/mol. The Kier molecular flexibility index (Phi) is 14.4. The second-order valence-corrected chi connectivity index (χ2v) is 25.2. The summed E-state index contributed by atoms with van der Waals surface area (Å²) in [6.07, 6.45) is -8.95. The van der Waals surface area contributed by atoms with Gasteiger partial charge in [0.1, 0.15) is 0 Å². The molecule has 0 aliphatic heterocycles. The van der Waals surface area contributed by atoms with E-state index in [9.17, 15) is 26.3 Å². The van der Waals surface area contributed by atoms with E-state index in [1.807, 2.05) is 30.3 Å². The zero-order valence-corrected chi connectivity index (χ0v) is 39.2. The molecule has 0 spiro atoms. The maximum atomic E-state index is 12.6. The summed E-state index contributed by atoms with van der Waals surface area (Å²) in [5.74, 6) is 0. The van der Waals surface area contributed by atoms with Gasteiger partial charge in [0.05, 0.1) is 0 Å². The van der Waals surface area contributed by atoms with Crippen LogP contribution in [0.3, 0.4) is 0 Å². The maximum absolute atomic E-state index is 12.6. The minimum atomic E-state index is -4.48.